The predicted molar refractivity (Wildman–Crippen MR) is 135 cm³/mol. The van der Waals surface area contributed by atoms with Gasteiger partial charge in [-0.1, -0.05) is 24.3 Å². The van der Waals surface area contributed by atoms with Crippen molar-refractivity contribution in [1.82, 2.24) is 14.1 Å². The second-order valence-corrected chi connectivity index (χ2v) is 8.97. The number of ether oxygens (including phenoxy) is 2. The summed E-state index contributed by atoms with van der Waals surface area (Å²) in [6.45, 7) is 1.08. The van der Waals surface area contributed by atoms with Gasteiger partial charge >= 0.3 is 11.9 Å². The van der Waals surface area contributed by atoms with E-state index < -0.39 is 11.7 Å². The van der Waals surface area contributed by atoms with Gasteiger partial charge in [0.2, 0.25) is 0 Å². The van der Waals surface area contributed by atoms with Crippen molar-refractivity contribution in [1.29, 1.82) is 0 Å². The van der Waals surface area contributed by atoms with E-state index in [2.05, 4.69) is 9.88 Å². The van der Waals surface area contributed by atoms with Gasteiger partial charge < -0.3 is 14.4 Å². The Morgan fingerprint density at radius 2 is 1.65 bits per heavy atom. The highest BCUT2D eigenvalue weighted by Crippen LogP contribution is 2.35. The predicted octanol–water partition coefficient (Wildman–Crippen LogP) is 5.12. The summed E-state index contributed by atoms with van der Waals surface area (Å²) in [4.78, 5) is 20.4. The number of methoxy groups -OCH3 is 2. The van der Waals surface area contributed by atoms with Crippen molar-refractivity contribution in [3.8, 4) is 11.5 Å². The molecule has 2 aromatic heterocycles. The van der Waals surface area contributed by atoms with Gasteiger partial charge in [0, 0.05) is 25.3 Å². The van der Waals surface area contributed by atoms with Gasteiger partial charge in [-0.2, -0.15) is 13.2 Å². The Bertz CT molecular complexity index is 1470. The fourth-order valence-corrected chi connectivity index (χ4v) is 5.19. The SMILES string of the molecule is COc1cccnc1N1CCC(n2c(=O)n(Cc3ccccc3C(F)(F)F)c3c(OC)cccc32)CC1. The van der Waals surface area contributed by atoms with Crippen LogP contribution in [0.5, 0.6) is 11.5 Å². The van der Waals surface area contributed by atoms with Crippen molar-refractivity contribution in [3.63, 3.8) is 0 Å². The molecule has 37 heavy (non-hydrogen) atoms. The van der Waals surface area contributed by atoms with E-state index in [1.54, 1.807) is 36.1 Å². The van der Waals surface area contributed by atoms with Crippen LogP contribution in [-0.4, -0.2) is 41.4 Å². The Hall–Kier alpha value is -3.95. The smallest absolute Gasteiger partial charge is 0.416 e. The molecule has 0 bridgehead atoms. The number of imidazole rings is 1. The van der Waals surface area contributed by atoms with Crippen molar-refractivity contribution in [3.05, 3.63) is 82.4 Å². The molecule has 1 fully saturated rings. The lowest BCUT2D eigenvalue weighted by atomic mass is 10.0. The van der Waals surface area contributed by atoms with Gasteiger partial charge in [-0.3, -0.25) is 9.13 Å². The first-order valence-electron chi connectivity index (χ1n) is 12.0. The van der Waals surface area contributed by atoms with Gasteiger partial charge in [0.1, 0.15) is 11.3 Å². The molecule has 3 heterocycles. The highest BCUT2D eigenvalue weighted by Gasteiger charge is 2.34. The molecule has 0 saturated carbocycles. The minimum Gasteiger partial charge on any atom is -0.494 e. The zero-order valence-corrected chi connectivity index (χ0v) is 20.5. The molecule has 4 aromatic rings. The van der Waals surface area contributed by atoms with Crippen LogP contribution in [0, 0.1) is 0 Å². The summed E-state index contributed by atoms with van der Waals surface area (Å²) < 4.78 is 55.2. The van der Waals surface area contributed by atoms with Crippen LogP contribution in [0.1, 0.15) is 30.0 Å². The molecule has 0 unspecified atom stereocenters. The molecule has 0 radical (unpaired) electrons. The number of aromatic nitrogens is 3. The topological polar surface area (TPSA) is 61.5 Å². The second kappa shape index (κ2) is 9.84. The first-order valence-corrected chi connectivity index (χ1v) is 12.0. The van der Waals surface area contributed by atoms with E-state index in [4.69, 9.17) is 9.47 Å². The van der Waals surface area contributed by atoms with Crippen LogP contribution >= 0.6 is 0 Å². The van der Waals surface area contributed by atoms with Crippen molar-refractivity contribution >= 4 is 16.9 Å². The molecular formula is C27H27F3N4O3. The molecule has 194 valence electrons. The van der Waals surface area contributed by atoms with Crippen molar-refractivity contribution in [2.75, 3.05) is 32.2 Å². The molecule has 5 rings (SSSR count). The van der Waals surface area contributed by atoms with E-state index in [0.29, 0.717) is 48.5 Å². The van der Waals surface area contributed by atoms with Gasteiger partial charge in [-0.25, -0.2) is 9.78 Å². The number of benzene rings is 2. The number of anilines is 1. The number of alkyl halides is 3. The Balaban J connectivity index is 1.53. The number of hydrogen-bond acceptors (Lipinski definition) is 5. The Morgan fingerprint density at radius 3 is 2.35 bits per heavy atom. The fraction of sp³-hybridized carbons (Fsp3) is 0.333. The summed E-state index contributed by atoms with van der Waals surface area (Å²) in [6, 6.07) is 14.2. The average molecular weight is 513 g/mol. The molecule has 0 spiro atoms. The largest absolute Gasteiger partial charge is 0.494 e. The van der Waals surface area contributed by atoms with Crippen LogP contribution in [0.3, 0.4) is 0 Å². The zero-order valence-electron chi connectivity index (χ0n) is 20.5. The molecule has 0 atom stereocenters. The lowest BCUT2D eigenvalue weighted by molar-refractivity contribution is -0.138. The third-order valence-electron chi connectivity index (χ3n) is 6.92. The first kappa shape index (κ1) is 24.7. The maximum Gasteiger partial charge on any atom is 0.416 e. The van der Waals surface area contributed by atoms with E-state index in [9.17, 15) is 18.0 Å². The molecular weight excluding hydrogens is 485 g/mol. The molecule has 1 aliphatic heterocycles. The molecule has 1 aliphatic rings. The molecule has 10 heteroatoms. The van der Waals surface area contributed by atoms with Gasteiger partial charge in [0.05, 0.1) is 31.8 Å². The minimum absolute atomic E-state index is 0.0270. The second-order valence-electron chi connectivity index (χ2n) is 8.97. The van der Waals surface area contributed by atoms with Crippen molar-refractivity contribution in [2.24, 2.45) is 0 Å². The molecule has 0 aliphatic carbocycles. The monoisotopic (exact) mass is 512 g/mol. The summed E-state index contributed by atoms with van der Waals surface area (Å²) in [7, 11) is 3.09. The molecule has 1 saturated heterocycles. The number of rotatable bonds is 6. The number of pyridine rings is 1. The first-order chi connectivity index (χ1) is 17.8. The third-order valence-corrected chi connectivity index (χ3v) is 6.92. The van der Waals surface area contributed by atoms with E-state index >= 15 is 0 Å². The zero-order chi connectivity index (χ0) is 26.2. The maximum atomic E-state index is 13.8. The number of fused-ring (bicyclic) bond motifs is 1. The number of para-hydroxylation sites is 1. The van der Waals surface area contributed by atoms with E-state index in [0.717, 1.165) is 11.9 Å². The summed E-state index contributed by atoms with van der Waals surface area (Å²) in [6.07, 6.45) is -1.49. The average Bonchev–Trinajstić information content (AvgIpc) is 3.19. The van der Waals surface area contributed by atoms with Crippen molar-refractivity contribution in [2.45, 2.75) is 31.6 Å². The Labute approximate surface area is 211 Å². The number of nitrogens with zero attached hydrogens (tertiary/aromatic N) is 4. The van der Waals surface area contributed by atoms with Crippen LogP contribution in [-0.2, 0) is 12.7 Å². The lowest BCUT2D eigenvalue weighted by Crippen LogP contribution is -2.38. The van der Waals surface area contributed by atoms with E-state index in [1.807, 2.05) is 18.2 Å². The quantitative estimate of drug-likeness (QED) is 0.359. The number of piperidine rings is 1. The van der Waals surface area contributed by atoms with Gasteiger partial charge in [0.25, 0.3) is 0 Å². The fourth-order valence-electron chi connectivity index (χ4n) is 5.19. The summed E-state index contributed by atoms with van der Waals surface area (Å²) in [5.74, 6) is 1.87. The summed E-state index contributed by atoms with van der Waals surface area (Å²) in [5.41, 5.74) is 0.0447. The molecule has 2 aromatic carbocycles. The van der Waals surface area contributed by atoms with Crippen LogP contribution in [0.15, 0.2) is 65.6 Å². The van der Waals surface area contributed by atoms with Crippen LogP contribution in [0.4, 0.5) is 19.0 Å². The lowest BCUT2D eigenvalue weighted by Gasteiger charge is -2.33. The Kier molecular flexibility index (Phi) is 6.57. The van der Waals surface area contributed by atoms with Crippen LogP contribution in [0.25, 0.3) is 11.0 Å². The minimum atomic E-state index is -4.53. The van der Waals surface area contributed by atoms with Crippen molar-refractivity contribution < 1.29 is 22.6 Å². The number of hydrogen-bond donors (Lipinski definition) is 0. The van der Waals surface area contributed by atoms with E-state index in [1.165, 1.54) is 23.8 Å². The molecule has 7 nitrogen and oxygen atoms in total. The van der Waals surface area contributed by atoms with Gasteiger partial charge in [0.15, 0.2) is 11.6 Å². The normalized spacial score (nSPS) is 14.8. The maximum absolute atomic E-state index is 13.8. The molecule has 0 N–H and O–H groups in total. The van der Waals surface area contributed by atoms with Crippen LogP contribution < -0.4 is 20.1 Å². The van der Waals surface area contributed by atoms with Crippen LogP contribution in [0.2, 0.25) is 0 Å². The standard InChI is InChI=1S/C27H27F3N4O3/c1-36-22-10-5-9-21-24(22)33(17-18-7-3-4-8-20(18)27(28,29)30)26(35)34(21)19-12-15-32(16-13-19)25-23(37-2)11-6-14-31-25/h3-11,14,19H,12-13,15-17H2,1-2H3. The highest BCUT2D eigenvalue weighted by atomic mass is 19.4. The molecule has 0 amide bonds. The van der Waals surface area contributed by atoms with E-state index in [-0.39, 0.29) is 23.8 Å². The summed E-state index contributed by atoms with van der Waals surface area (Å²) in [5, 5.41) is 0. The third kappa shape index (κ3) is 4.52. The Morgan fingerprint density at radius 1 is 0.946 bits per heavy atom. The van der Waals surface area contributed by atoms with Gasteiger partial charge in [-0.15, -0.1) is 0 Å². The highest BCUT2D eigenvalue weighted by molar-refractivity contribution is 5.83. The summed E-state index contributed by atoms with van der Waals surface area (Å²) >= 11 is 0. The van der Waals surface area contributed by atoms with Gasteiger partial charge in [-0.05, 0) is 48.7 Å². The number of halogens is 3.